The van der Waals surface area contributed by atoms with Gasteiger partial charge >= 0.3 is 0 Å². The minimum absolute atomic E-state index is 0.283. The highest BCUT2D eigenvalue weighted by Crippen LogP contribution is 2.44. The van der Waals surface area contributed by atoms with E-state index in [1.54, 1.807) is 0 Å². The van der Waals surface area contributed by atoms with Crippen molar-refractivity contribution in [1.29, 1.82) is 0 Å². The lowest BCUT2D eigenvalue weighted by Gasteiger charge is -2.54. The van der Waals surface area contributed by atoms with Crippen LogP contribution in [-0.2, 0) is 34.6 Å². The van der Waals surface area contributed by atoms with Gasteiger partial charge in [-0.15, -0.1) is 0 Å². The zero-order valence-corrected chi connectivity index (χ0v) is 34.5. The molecule has 0 amide bonds. The van der Waals surface area contributed by atoms with Crippen LogP contribution in [0.15, 0.2) is 42.5 Å². The highest BCUT2D eigenvalue weighted by Gasteiger charge is 2.59. The minimum Gasteiger partial charge on any atom is -0.494 e. The van der Waals surface area contributed by atoms with Crippen LogP contribution in [0.4, 0.5) is 0 Å². The third kappa shape index (κ3) is 11.7. The average Bonchev–Trinajstić information content (AvgIpc) is 2.87. The van der Waals surface area contributed by atoms with Gasteiger partial charge in [-0.1, -0.05) is 29.8 Å². The van der Waals surface area contributed by atoms with E-state index >= 15 is 0 Å². The Kier molecular flexibility index (Phi) is 12.6. The molecule has 0 saturated carbocycles. The Bertz CT molecular complexity index is 1250. The van der Waals surface area contributed by atoms with Gasteiger partial charge in [-0.2, -0.15) is 0 Å². The standard InChI is InChI=1S/C33H57ClO7Si4/c1-14-36-27-18-15-24(16-19-27)21-25-22-26(17-20-28(25)34)33(35)32(41-45(11,12)13)31(40-44(8,9)10)30(39-43(5,6)7)29(38-33)23-37-42(2,3)4/h15-20,22,29-32,35H,14,21,23H2,1-13H3/t29-,30-,31+,32-,33+/m1/s1. The smallest absolute Gasteiger partial charge is 0.221 e. The van der Waals surface area contributed by atoms with Crippen LogP contribution in [-0.4, -0.2) is 76.0 Å². The zero-order chi connectivity index (χ0) is 34.0. The summed E-state index contributed by atoms with van der Waals surface area (Å²) in [7, 11) is -8.46. The van der Waals surface area contributed by atoms with Gasteiger partial charge in [0.25, 0.3) is 0 Å². The van der Waals surface area contributed by atoms with Gasteiger partial charge in [-0.25, -0.2) is 0 Å². The second kappa shape index (κ2) is 14.7. The third-order valence-electron chi connectivity index (χ3n) is 6.93. The highest BCUT2D eigenvalue weighted by atomic mass is 35.5. The fourth-order valence-electron chi connectivity index (χ4n) is 5.30. The molecule has 5 atom stereocenters. The van der Waals surface area contributed by atoms with E-state index < -0.39 is 63.5 Å². The maximum atomic E-state index is 12.9. The number of hydrogen-bond acceptors (Lipinski definition) is 7. The molecular weight excluding hydrogens is 656 g/mol. The minimum atomic E-state index is -2.25. The fourth-order valence-corrected chi connectivity index (χ4v) is 9.38. The first-order valence-corrected chi connectivity index (χ1v) is 30.1. The van der Waals surface area contributed by atoms with E-state index in [2.05, 4.69) is 78.6 Å². The molecule has 1 fully saturated rings. The van der Waals surface area contributed by atoms with Crippen LogP contribution in [0, 0.1) is 0 Å². The predicted octanol–water partition coefficient (Wildman–Crippen LogP) is 8.39. The van der Waals surface area contributed by atoms with Crippen molar-refractivity contribution in [3.05, 3.63) is 64.2 Å². The van der Waals surface area contributed by atoms with Crippen molar-refractivity contribution in [3.63, 3.8) is 0 Å². The molecule has 1 aliphatic rings. The Morgan fingerprint density at radius 3 is 1.82 bits per heavy atom. The number of halogens is 1. The molecule has 0 aromatic heterocycles. The largest absolute Gasteiger partial charge is 0.494 e. The zero-order valence-electron chi connectivity index (χ0n) is 29.7. The molecule has 7 nitrogen and oxygen atoms in total. The Labute approximate surface area is 281 Å². The van der Waals surface area contributed by atoms with E-state index in [9.17, 15) is 5.11 Å². The molecule has 2 aromatic rings. The first-order valence-electron chi connectivity index (χ1n) is 16.1. The highest BCUT2D eigenvalue weighted by molar-refractivity contribution is 6.71. The second-order valence-corrected chi connectivity index (χ2v) is 34.2. The molecule has 0 aliphatic carbocycles. The van der Waals surface area contributed by atoms with Gasteiger partial charge in [0.15, 0.2) is 33.3 Å². The number of ether oxygens (including phenoxy) is 2. The van der Waals surface area contributed by atoms with Crippen molar-refractivity contribution in [1.82, 2.24) is 0 Å². The van der Waals surface area contributed by atoms with Crippen molar-refractivity contribution in [2.24, 2.45) is 0 Å². The quantitative estimate of drug-likeness (QED) is 0.197. The van der Waals surface area contributed by atoms with E-state index in [4.69, 9.17) is 38.8 Å². The molecule has 254 valence electrons. The average molecular weight is 714 g/mol. The van der Waals surface area contributed by atoms with Crippen molar-refractivity contribution < 1.29 is 32.3 Å². The van der Waals surface area contributed by atoms with Crippen LogP contribution in [0.5, 0.6) is 5.75 Å². The third-order valence-corrected chi connectivity index (χ3v) is 11.3. The molecule has 1 N–H and O–H groups in total. The summed E-state index contributed by atoms with van der Waals surface area (Å²) in [6, 6.07) is 13.6. The van der Waals surface area contributed by atoms with E-state index in [0.29, 0.717) is 23.6 Å². The summed E-state index contributed by atoms with van der Waals surface area (Å²) in [4.78, 5) is 0. The van der Waals surface area contributed by atoms with Crippen LogP contribution in [0.1, 0.15) is 23.6 Å². The summed E-state index contributed by atoms with van der Waals surface area (Å²) in [6.45, 7) is 28.6. The summed E-state index contributed by atoms with van der Waals surface area (Å²) in [5.41, 5.74) is 2.53. The topological polar surface area (TPSA) is 75.6 Å². The summed E-state index contributed by atoms with van der Waals surface area (Å²) < 4.78 is 39.6. The van der Waals surface area contributed by atoms with Gasteiger partial charge in [0.1, 0.15) is 30.2 Å². The summed E-state index contributed by atoms with van der Waals surface area (Å²) in [6.07, 6.45) is -1.89. The van der Waals surface area contributed by atoms with Crippen LogP contribution in [0.3, 0.4) is 0 Å². The van der Waals surface area contributed by atoms with Crippen molar-refractivity contribution in [2.75, 3.05) is 13.2 Å². The van der Waals surface area contributed by atoms with Crippen molar-refractivity contribution >= 4 is 44.9 Å². The first-order chi connectivity index (χ1) is 20.5. The second-order valence-electron chi connectivity index (χ2n) is 15.9. The van der Waals surface area contributed by atoms with E-state index in [-0.39, 0.29) is 6.61 Å². The maximum absolute atomic E-state index is 12.9. The molecule has 0 spiro atoms. The van der Waals surface area contributed by atoms with E-state index in [0.717, 1.165) is 16.9 Å². The van der Waals surface area contributed by atoms with E-state index in [1.165, 1.54) is 0 Å². The Morgan fingerprint density at radius 2 is 1.31 bits per heavy atom. The van der Waals surface area contributed by atoms with Crippen LogP contribution >= 0.6 is 11.6 Å². The fraction of sp³-hybridized carbons (Fsp3) is 0.636. The molecule has 0 unspecified atom stereocenters. The summed E-state index contributed by atoms with van der Waals surface area (Å²) >= 11 is 6.77. The maximum Gasteiger partial charge on any atom is 0.221 e. The SMILES string of the molecule is CCOc1ccc(Cc2cc([C@]3(O)O[C@H](CO[Si](C)(C)C)[C@@H](O[Si](C)(C)C)[C@H](O[Si](C)(C)C)[C@H]3O[Si](C)(C)C)ccc2Cl)cc1. The van der Waals surface area contributed by atoms with Gasteiger partial charge in [0.2, 0.25) is 5.79 Å². The summed E-state index contributed by atoms with van der Waals surface area (Å²) in [5.74, 6) is -1.01. The lowest BCUT2D eigenvalue weighted by Crippen LogP contribution is -2.69. The molecular formula is C33H57ClO7Si4. The first kappa shape index (κ1) is 38.6. The van der Waals surface area contributed by atoms with E-state index in [1.807, 2.05) is 49.4 Å². The Balaban J connectivity index is 2.18. The van der Waals surface area contributed by atoms with Crippen molar-refractivity contribution in [2.45, 2.75) is 122 Å². The lowest BCUT2D eigenvalue weighted by molar-refractivity contribution is -0.348. The molecule has 3 rings (SSSR count). The van der Waals surface area contributed by atoms with Gasteiger partial charge in [-0.05, 0) is 127 Å². The number of benzene rings is 2. The Morgan fingerprint density at radius 1 is 0.756 bits per heavy atom. The lowest BCUT2D eigenvalue weighted by atomic mass is 9.87. The molecule has 45 heavy (non-hydrogen) atoms. The summed E-state index contributed by atoms with van der Waals surface area (Å²) in [5, 5.41) is 13.5. The van der Waals surface area contributed by atoms with Crippen molar-refractivity contribution in [3.8, 4) is 5.75 Å². The molecule has 1 aliphatic heterocycles. The van der Waals surface area contributed by atoms with Gasteiger partial charge in [0.05, 0.1) is 13.2 Å². The van der Waals surface area contributed by atoms with Gasteiger partial charge in [-0.3, -0.25) is 0 Å². The normalized spacial score (nSPS) is 25.0. The molecule has 12 heteroatoms. The molecule has 1 heterocycles. The van der Waals surface area contributed by atoms with Crippen LogP contribution in [0.25, 0.3) is 0 Å². The number of aliphatic hydroxyl groups is 1. The van der Waals surface area contributed by atoms with Crippen LogP contribution in [0.2, 0.25) is 83.6 Å². The molecule has 2 aromatic carbocycles. The molecule has 0 bridgehead atoms. The van der Waals surface area contributed by atoms with Crippen LogP contribution < -0.4 is 4.74 Å². The van der Waals surface area contributed by atoms with Gasteiger partial charge in [0, 0.05) is 10.6 Å². The monoisotopic (exact) mass is 712 g/mol. The predicted molar refractivity (Wildman–Crippen MR) is 195 cm³/mol. The molecule has 1 saturated heterocycles. The molecule has 0 radical (unpaired) electrons. The number of rotatable bonds is 14. The Hall–Kier alpha value is -0.842. The number of hydrogen-bond donors (Lipinski definition) is 1. The van der Waals surface area contributed by atoms with Gasteiger partial charge < -0.3 is 32.3 Å².